The van der Waals surface area contributed by atoms with Crippen molar-refractivity contribution in [3.8, 4) is 0 Å². The van der Waals surface area contributed by atoms with Gasteiger partial charge in [-0.2, -0.15) is 0 Å². The maximum Gasteiger partial charge on any atom is 0.408 e. The third-order valence-electron chi connectivity index (χ3n) is 5.43. The lowest BCUT2D eigenvalue weighted by Gasteiger charge is -2.29. The molecule has 0 unspecified atom stereocenters. The molecular formula is C26H43N3O4. The zero-order valence-corrected chi connectivity index (χ0v) is 21.1. The van der Waals surface area contributed by atoms with Gasteiger partial charge in [0.25, 0.3) is 0 Å². The molecule has 186 valence electrons. The Morgan fingerprint density at radius 2 is 1.52 bits per heavy atom. The molecule has 0 aliphatic carbocycles. The first-order valence-electron chi connectivity index (χ1n) is 12.4. The molecule has 1 aromatic carbocycles. The monoisotopic (exact) mass is 461 g/mol. The average Bonchev–Trinajstić information content (AvgIpc) is 2.80. The number of carbonyl (C=O) groups is 3. The summed E-state index contributed by atoms with van der Waals surface area (Å²) >= 11 is 0. The minimum atomic E-state index is -0.769. The molecule has 0 aromatic heterocycles. The molecule has 2 atom stereocenters. The summed E-state index contributed by atoms with van der Waals surface area (Å²) in [4.78, 5) is 40.4. The number of carbonyl (C=O) groups excluding carboxylic acids is 3. The lowest BCUT2D eigenvalue weighted by Crippen LogP contribution is -2.54. The number of benzene rings is 1. The summed E-state index contributed by atoms with van der Waals surface area (Å²) in [5.41, 5.74) is 0.869. The van der Waals surface area contributed by atoms with Gasteiger partial charge < -0.3 is 20.3 Å². The molecule has 0 spiro atoms. The van der Waals surface area contributed by atoms with Crippen molar-refractivity contribution in [1.29, 1.82) is 0 Å². The van der Waals surface area contributed by atoms with Crippen LogP contribution in [0.4, 0.5) is 4.79 Å². The van der Waals surface area contributed by atoms with Crippen molar-refractivity contribution in [1.82, 2.24) is 15.5 Å². The quantitative estimate of drug-likeness (QED) is 0.398. The van der Waals surface area contributed by atoms with Crippen LogP contribution in [0.1, 0.15) is 78.7 Å². The van der Waals surface area contributed by atoms with Crippen LogP contribution in [0, 0.1) is 5.92 Å². The standard InChI is InChI=1S/C26H43N3O4/c1-6-9-16-29(17-10-7-2)25(31)22(8-3)27-24(30)23(18-20(4)5)28-26(32)33-19-21-14-12-11-13-15-21/h11-15,20,22-23H,6-10,16-19H2,1-5H3,(H,27,30)(H,28,32)/t22-,23-/m0/s1. The Morgan fingerprint density at radius 3 is 2.03 bits per heavy atom. The van der Waals surface area contributed by atoms with Gasteiger partial charge in [0, 0.05) is 13.1 Å². The molecule has 3 amide bonds. The Labute approximate surface area is 199 Å². The maximum absolute atomic E-state index is 13.1. The van der Waals surface area contributed by atoms with E-state index in [1.165, 1.54) is 0 Å². The Balaban J connectivity index is 2.78. The van der Waals surface area contributed by atoms with Crippen LogP contribution in [0.15, 0.2) is 30.3 Å². The molecule has 2 N–H and O–H groups in total. The van der Waals surface area contributed by atoms with Crippen molar-refractivity contribution in [2.45, 2.75) is 91.8 Å². The van der Waals surface area contributed by atoms with Crippen LogP contribution in [0.2, 0.25) is 0 Å². The van der Waals surface area contributed by atoms with Gasteiger partial charge in [-0.25, -0.2) is 4.79 Å². The molecule has 0 heterocycles. The first-order valence-corrected chi connectivity index (χ1v) is 12.4. The molecule has 0 fully saturated rings. The number of alkyl carbamates (subject to hydrolysis) is 1. The Morgan fingerprint density at radius 1 is 0.909 bits per heavy atom. The van der Waals surface area contributed by atoms with Crippen molar-refractivity contribution in [2.75, 3.05) is 13.1 Å². The van der Waals surface area contributed by atoms with Gasteiger partial charge in [-0.05, 0) is 37.2 Å². The van der Waals surface area contributed by atoms with Gasteiger partial charge in [-0.15, -0.1) is 0 Å². The number of nitrogens with one attached hydrogen (secondary N) is 2. The predicted molar refractivity (Wildman–Crippen MR) is 132 cm³/mol. The van der Waals surface area contributed by atoms with Crippen LogP contribution >= 0.6 is 0 Å². The van der Waals surface area contributed by atoms with E-state index in [-0.39, 0.29) is 24.3 Å². The van der Waals surface area contributed by atoms with Crippen LogP contribution < -0.4 is 10.6 Å². The number of hydrogen-bond donors (Lipinski definition) is 2. The fourth-order valence-electron chi connectivity index (χ4n) is 3.47. The molecule has 0 aliphatic rings. The van der Waals surface area contributed by atoms with Crippen molar-refractivity contribution in [3.63, 3.8) is 0 Å². The molecule has 1 aromatic rings. The van der Waals surface area contributed by atoms with Gasteiger partial charge in [0.1, 0.15) is 18.7 Å². The second kappa shape index (κ2) is 16.1. The topological polar surface area (TPSA) is 87.7 Å². The molecule has 0 radical (unpaired) electrons. The molecule has 1 rings (SSSR count). The Bertz CT molecular complexity index is 701. The lowest BCUT2D eigenvalue weighted by molar-refractivity contribution is -0.137. The SMILES string of the molecule is CCCCN(CCCC)C(=O)[C@H](CC)NC(=O)[C@H](CC(C)C)NC(=O)OCc1ccccc1. The number of unbranched alkanes of at least 4 members (excludes halogenated alkanes) is 2. The summed E-state index contributed by atoms with van der Waals surface area (Å²) in [6.07, 6.45) is 4.18. The summed E-state index contributed by atoms with van der Waals surface area (Å²) in [6.45, 7) is 11.6. The van der Waals surface area contributed by atoms with E-state index in [1.807, 2.05) is 56.0 Å². The predicted octanol–water partition coefficient (Wildman–Crippen LogP) is 4.65. The first kappa shape index (κ1) is 28.5. The molecule has 7 heteroatoms. The molecular weight excluding hydrogens is 418 g/mol. The highest BCUT2D eigenvalue weighted by atomic mass is 16.5. The van der Waals surface area contributed by atoms with Crippen LogP contribution in [0.3, 0.4) is 0 Å². The van der Waals surface area contributed by atoms with Crippen molar-refractivity contribution < 1.29 is 19.1 Å². The Hall–Kier alpha value is -2.57. The third-order valence-corrected chi connectivity index (χ3v) is 5.43. The van der Waals surface area contributed by atoms with E-state index in [2.05, 4.69) is 24.5 Å². The van der Waals surface area contributed by atoms with Crippen molar-refractivity contribution >= 4 is 17.9 Å². The van der Waals surface area contributed by atoms with Gasteiger partial charge in [0.05, 0.1) is 0 Å². The molecule has 0 saturated heterocycles. The van der Waals surface area contributed by atoms with E-state index in [4.69, 9.17) is 4.74 Å². The zero-order valence-electron chi connectivity index (χ0n) is 21.1. The van der Waals surface area contributed by atoms with Crippen LogP contribution in [-0.2, 0) is 20.9 Å². The molecule has 0 aliphatic heterocycles. The number of ether oxygens (including phenoxy) is 1. The van der Waals surface area contributed by atoms with Crippen molar-refractivity contribution in [2.24, 2.45) is 5.92 Å². The molecule has 0 bridgehead atoms. The Kier molecular flexibility index (Phi) is 13.9. The molecule has 33 heavy (non-hydrogen) atoms. The summed E-state index contributed by atoms with van der Waals surface area (Å²) in [5.74, 6) is -0.231. The summed E-state index contributed by atoms with van der Waals surface area (Å²) in [7, 11) is 0. The minimum Gasteiger partial charge on any atom is -0.445 e. The van der Waals surface area contributed by atoms with Crippen LogP contribution in [-0.4, -0.2) is 48.0 Å². The number of hydrogen-bond acceptors (Lipinski definition) is 4. The van der Waals surface area contributed by atoms with Gasteiger partial charge in [-0.3, -0.25) is 9.59 Å². The minimum absolute atomic E-state index is 0.0531. The lowest BCUT2D eigenvalue weighted by atomic mass is 10.0. The van der Waals surface area contributed by atoms with E-state index < -0.39 is 18.2 Å². The smallest absolute Gasteiger partial charge is 0.408 e. The van der Waals surface area contributed by atoms with E-state index in [1.54, 1.807) is 0 Å². The van der Waals surface area contributed by atoms with Crippen LogP contribution in [0.5, 0.6) is 0 Å². The number of nitrogens with zero attached hydrogens (tertiary/aromatic N) is 1. The summed E-state index contributed by atoms with van der Waals surface area (Å²) in [5, 5.41) is 5.57. The van der Waals surface area contributed by atoms with Gasteiger partial charge in [0.15, 0.2) is 0 Å². The summed E-state index contributed by atoms with van der Waals surface area (Å²) < 4.78 is 5.29. The highest BCUT2D eigenvalue weighted by Gasteiger charge is 2.29. The first-order chi connectivity index (χ1) is 15.8. The highest BCUT2D eigenvalue weighted by Crippen LogP contribution is 2.09. The fraction of sp³-hybridized carbons (Fsp3) is 0.654. The van der Waals surface area contributed by atoms with Gasteiger partial charge >= 0.3 is 6.09 Å². The van der Waals surface area contributed by atoms with Crippen molar-refractivity contribution in [3.05, 3.63) is 35.9 Å². The normalized spacial score (nSPS) is 12.7. The van der Waals surface area contributed by atoms with E-state index in [0.717, 1.165) is 31.2 Å². The molecule has 0 saturated carbocycles. The number of amides is 3. The summed E-state index contributed by atoms with van der Waals surface area (Å²) in [6, 6.07) is 8.00. The molecule has 7 nitrogen and oxygen atoms in total. The van der Waals surface area contributed by atoms with Gasteiger partial charge in [-0.1, -0.05) is 77.8 Å². The van der Waals surface area contributed by atoms with E-state index in [0.29, 0.717) is 25.9 Å². The largest absolute Gasteiger partial charge is 0.445 e. The second-order valence-corrected chi connectivity index (χ2v) is 8.89. The second-order valence-electron chi connectivity index (χ2n) is 8.89. The van der Waals surface area contributed by atoms with E-state index >= 15 is 0 Å². The zero-order chi connectivity index (χ0) is 24.6. The van der Waals surface area contributed by atoms with Gasteiger partial charge in [0.2, 0.25) is 11.8 Å². The average molecular weight is 462 g/mol. The van der Waals surface area contributed by atoms with E-state index in [9.17, 15) is 14.4 Å². The van der Waals surface area contributed by atoms with Crippen LogP contribution in [0.25, 0.3) is 0 Å². The highest BCUT2D eigenvalue weighted by molar-refractivity contribution is 5.91. The fourth-order valence-corrected chi connectivity index (χ4v) is 3.47. The number of rotatable bonds is 15. The third kappa shape index (κ3) is 11.2. The maximum atomic E-state index is 13.1.